The molecule has 0 spiro atoms. The number of esters is 4. The third-order valence-corrected chi connectivity index (χ3v) is 30.7. The summed E-state index contributed by atoms with van der Waals surface area (Å²) in [7, 11) is -8.55. The number of benzene rings is 6. The van der Waals surface area contributed by atoms with Crippen LogP contribution in [0, 0.1) is 47.8 Å². The minimum absolute atomic E-state index is 0.00100. The molecule has 4 atom stereocenters. The summed E-state index contributed by atoms with van der Waals surface area (Å²) in [6, 6.07) is 40.7. The lowest BCUT2D eigenvalue weighted by atomic mass is 9.48. The van der Waals surface area contributed by atoms with E-state index in [9.17, 15) is 108 Å². The Bertz CT molecular complexity index is 5260. The molecule has 5 saturated carbocycles. The number of quaternary nitrogens is 2. The number of rotatable bonds is 24. The van der Waals surface area contributed by atoms with Gasteiger partial charge in [-0.25, -0.2) is 17.9 Å². The van der Waals surface area contributed by atoms with Gasteiger partial charge in [-0.05, 0) is 318 Å². The number of thiophene rings is 1. The number of hydrogen-bond acceptors (Lipinski definition) is 20. The number of carbonyl (C=O) groups is 6. The SMILES string of the molecule is CCC(C)(C)C(=O)OC(C[NH+](C)C)C[NH+](C)C.CCC(C)(C)C(=O)OC1(C)CCCC1.CCC(C)(C)C(=O)OC12CC3CC(C1)CC(C(=O)OC(CS(=O)(=O)[O-])C(F)(F)F)(C3)C2.CCC(C)c1cccc(O)c1.O=C(NS(=O)(=O)C(F)(F)F)c1cc(I)cc(I)c1[O-].O=C(NS(=O)(=O)C(F)(F)F)c1cc(I)cc(I)c1[O-].c1ccc(-[s+]2c3ccccc3c3ccccc32)cc1. The topological polar surface area (TPSA) is 364 Å². The standard InChI is InChI=1S/C20H29F3O7S.C18H13S.C13H28N2O2.C12H22O2.C10H14O.2C8H4F3I2NO4S/c1-4-17(2,3)15(24)30-19-8-12-5-13(9-19)7-18(6-12,11-19)16(25)29-14(20(21,22)23)10-31(26,27)28;1-2-8-14(9-3-1)19-17-12-6-4-10-15(17)16-11-5-7-13-18(16)19;1-8-13(2,3)12(16)17-11(9-14(4)5)10-15(6)7;1-5-11(2,3)10(13)14-12(4)8-6-7-9-12;1-3-8(2)9-5-4-6-10(11)7-9;2*9-8(10,11)19(17,18)14-7(16)4-1-3(12)2-5(13)6(4)15/h12-14H,4-11H2,1-3H3,(H,26,27,28);1-13H;11H,8-10H2,1-7H3;5-9H2,1-4H3;4-8,11H,3H2,1-2H3;2*1-2,15H,(H,14,16)/q;+1;;;;;/p-1. The minimum Gasteiger partial charge on any atom is -0.871 e. The lowest BCUT2D eigenvalue weighted by molar-refractivity contribution is -0.885. The van der Waals surface area contributed by atoms with Crippen LogP contribution in [0.3, 0.4) is 0 Å². The van der Waals surface area contributed by atoms with Crippen LogP contribution in [0.25, 0.3) is 25.1 Å². The van der Waals surface area contributed by atoms with Gasteiger partial charge in [0.2, 0.25) is 6.10 Å². The zero-order valence-corrected chi connectivity index (χ0v) is 86.7. The number of alkyl halides is 9. The van der Waals surface area contributed by atoms with Crippen molar-refractivity contribution >= 4 is 187 Å². The second-order valence-corrected chi connectivity index (χ2v) is 47.0. The number of aromatic hydroxyl groups is 1. The molecule has 130 heavy (non-hydrogen) atoms. The first kappa shape index (κ1) is 114. The fraction of sp³-hybridized carbons (Fsp3) is 0.528. The van der Waals surface area contributed by atoms with Gasteiger partial charge < -0.3 is 48.6 Å². The normalized spacial score (nSPS) is 18.3. The number of phenolic OH excluding ortho intramolecular Hbond substituents is 1. The Kier molecular flexibility index (Phi) is 41.3. The van der Waals surface area contributed by atoms with Crippen LogP contribution in [-0.4, -0.2) is 158 Å². The molecule has 24 nitrogen and oxygen atoms in total. The first-order valence-corrected chi connectivity index (χ1v) is 51.6. The molecule has 1 aromatic heterocycles. The van der Waals surface area contributed by atoms with Crippen LogP contribution in [-0.2, 0) is 68.3 Å². The number of sulfonamides is 2. The molecule has 12 rings (SSSR count). The monoisotopic (exact) mass is 2360 g/mol. The fourth-order valence-electron chi connectivity index (χ4n) is 14.6. The van der Waals surface area contributed by atoms with Crippen LogP contribution < -0.4 is 29.5 Å². The Labute approximate surface area is 811 Å². The lowest BCUT2D eigenvalue weighted by Gasteiger charge is -2.60. The summed E-state index contributed by atoms with van der Waals surface area (Å²) in [5.41, 5.74) is -15.2. The first-order chi connectivity index (χ1) is 59.7. The molecule has 6 aromatic carbocycles. The maximum absolute atomic E-state index is 13.3. The predicted octanol–water partition coefficient (Wildman–Crippen LogP) is 17.0. The molecule has 0 aliphatic heterocycles. The van der Waals surface area contributed by atoms with Gasteiger partial charge in [0.25, 0.3) is 11.8 Å². The summed E-state index contributed by atoms with van der Waals surface area (Å²) < 4.78 is 215. The van der Waals surface area contributed by atoms with E-state index in [4.69, 9.17) is 19.3 Å². The summed E-state index contributed by atoms with van der Waals surface area (Å²) in [5.74, 6) is -7.55. The molecule has 724 valence electrons. The van der Waals surface area contributed by atoms with E-state index in [0.29, 0.717) is 50.9 Å². The highest BCUT2D eigenvalue weighted by molar-refractivity contribution is 14.1. The largest absolute Gasteiger partial charge is 0.871 e. The van der Waals surface area contributed by atoms with Crippen molar-refractivity contribution in [2.45, 2.75) is 219 Å². The van der Waals surface area contributed by atoms with Gasteiger partial charge in [-0.15, -0.1) is 0 Å². The Morgan fingerprint density at radius 2 is 0.969 bits per heavy atom. The molecule has 1 heterocycles. The molecule has 5 N–H and O–H groups in total. The average Bonchev–Trinajstić information content (AvgIpc) is 0.958. The molecule has 7 aromatic rings. The van der Waals surface area contributed by atoms with Gasteiger partial charge in [-0.1, -0.05) is 101 Å². The Morgan fingerprint density at radius 1 is 0.562 bits per heavy atom. The van der Waals surface area contributed by atoms with E-state index in [2.05, 4.69) is 133 Å². The number of nitrogens with one attached hydrogen (secondary N) is 4. The Balaban J connectivity index is 0.000000274. The Hall–Kier alpha value is -6.22. The van der Waals surface area contributed by atoms with Gasteiger partial charge in [-0.3, -0.25) is 28.8 Å². The number of phenols is 1. The van der Waals surface area contributed by atoms with Crippen LogP contribution in [0.4, 0.5) is 39.5 Å². The van der Waals surface area contributed by atoms with Crippen LogP contribution in [0.1, 0.15) is 205 Å². The summed E-state index contributed by atoms with van der Waals surface area (Å²) in [6.07, 6.45) is 2.05. The number of fused-ring (bicyclic) bond motifs is 3. The predicted molar refractivity (Wildman–Crippen MR) is 506 cm³/mol. The molecule has 41 heteroatoms. The molecule has 5 fully saturated rings. The van der Waals surface area contributed by atoms with Crippen molar-refractivity contribution < 1.29 is 142 Å². The third kappa shape index (κ3) is 32.8. The summed E-state index contributed by atoms with van der Waals surface area (Å²) in [6.45, 7) is 25.3. The van der Waals surface area contributed by atoms with Crippen molar-refractivity contribution in [1.29, 1.82) is 0 Å². The second-order valence-electron chi connectivity index (χ2n) is 35.4. The highest BCUT2D eigenvalue weighted by atomic mass is 127. The second kappa shape index (κ2) is 47.0. The van der Waals surface area contributed by atoms with Crippen LogP contribution >= 0.6 is 101 Å². The van der Waals surface area contributed by atoms with Gasteiger partial charge >= 0.3 is 61.1 Å². The van der Waals surface area contributed by atoms with E-state index in [0.717, 1.165) is 73.2 Å². The maximum Gasteiger partial charge on any atom is 0.516 e. The summed E-state index contributed by atoms with van der Waals surface area (Å²) in [5, 5.41) is 35.0. The third-order valence-electron chi connectivity index (χ3n) is 22.7. The van der Waals surface area contributed by atoms with Crippen molar-refractivity contribution in [2.24, 2.45) is 33.5 Å². The number of likely N-dealkylation sites (N-methyl/N-ethyl adjacent to an activating group) is 2. The molecule has 4 unspecified atom stereocenters. The quantitative estimate of drug-likeness (QED) is 0.00937. The van der Waals surface area contributed by atoms with Crippen molar-refractivity contribution in [2.75, 3.05) is 47.0 Å². The molecular weight excluding hydrogens is 2250 g/mol. The molecule has 0 radical (unpaired) electrons. The molecule has 4 bridgehead atoms. The van der Waals surface area contributed by atoms with E-state index < -0.39 is 122 Å². The van der Waals surface area contributed by atoms with Gasteiger partial charge in [-0.2, -0.15) is 56.3 Å². The zero-order chi connectivity index (χ0) is 98.9. The molecule has 2 amide bonds. The fourth-order valence-corrected chi connectivity index (χ4v) is 22.2. The summed E-state index contributed by atoms with van der Waals surface area (Å²) >= 11 is 6.67. The van der Waals surface area contributed by atoms with Crippen LogP contribution in [0.2, 0.25) is 0 Å². The van der Waals surface area contributed by atoms with Gasteiger partial charge in [0, 0.05) is 53.1 Å². The zero-order valence-electron chi connectivity index (χ0n) is 74.8. The highest BCUT2D eigenvalue weighted by Crippen LogP contribution is 2.64. The maximum atomic E-state index is 13.3. The van der Waals surface area contributed by atoms with E-state index in [1.165, 1.54) is 65.4 Å². The Morgan fingerprint density at radius 3 is 1.35 bits per heavy atom. The smallest absolute Gasteiger partial charge is 0.516 e. The van der Waals surface area contributed by atoms with Crippen LogP contribution in [0.15, 0.2) is 127 Å². The molecular formula is C89H113F9I4N4O20S4. The highest BCUT2D eigenvalue weighted by Gasteiger charge is 2.64. The van der Waals surface area contributed by atoms with Crippen molar-refractivity contribution in [1.82, 2.24) is 9.44 Å². The summed E-state index contributed by atoms with van der Waals surface area (Å²) in [4.78, 5) is 76.4. The van der Waals surface area contributed by atoms with Gasteiger partial charge in [0.1, 0.15) is 30.0 Å². The van der Waals surface area contributed by atoms with E-state index >= 15 is 0 Å². The number of ether oxygens (including phenoxy) is 4. The van der Waals surface area contributed by atoms with Gasteiger partial charge in [0.15, 0.2) is 20.4 Å². The van der Waals surface area contributed by atoms with E-state index in [1.807, 2.05) is 66.7 Å². The number of hydrogen-bond donors (Lipinski definition) is 5. The van der Waals surface area contributed by atoms with Crippen LogP contribution in [0.5, 0.6) is 17.2 Å². The number of amides is 2. The van der Waals surface area contributed by atoms with Crippen molar-refractivity contribution in [3.05, 3.63) is 158 Å². The van der Waals surface area contributed by atoms with E-state index in [-0.39, 0.29) is 70.3 Å². The lowest BCUT2D eigenvalue weighted by Crippen LogP contribution is -3.11. The first-order valence-electron chi connectivity index (χ1n) is 41.5. The number of carbonyl (C=O) groups excluding carboxylic acids is 6. The number of halogens is 13. The molecule has 5 aliphatic rings. The van der Waals surface area contributed by atoms with Crippen molar-refractivity contribution in [3.8, 4) is 22.1 Å². The minimum atomic E-state index is -5.83. The molecule has 5 aliphatic carbocycles. The molecule has 0 saturated heterocycles. The van der Waals surface area contributed by atoms with Crippen molar-refractivity contribution in [3.63, 3.8) is 0 Å². The average molecular weight is 2370 g/mol. The van der Waals surface area contributed by atoms with Gasteiger partial charge in [0.05, 0.1) is 65.7 Å². The van der Waals surface area contributed by atoms with E-state index in [1.54, 1.807) is 110 Å².